The van der Waals surface area contributed by atoms with Gasteiger partial charge in [0.1, 0.15) is 5.84 Å². The van der Waals surface area contributed by atoms with E-state index in [1.165, 1.54) is 0 Å². The number of hydrogen-bond donors (Lipinski definition) is 2. The van der Waals surface area contributed by atoms with Gasteiger partial charge in [-0.15, -0.1) is 0 Å². The molecule has 0 radical (unpaired) electrons. The van der Waals surface area contributed by atoms with Crippen LogP contribution in [0.1, 0.15) is 35.2 Å². The van der Waals surface area contributed by atoms with Gasteiger partial charge >= 0.3 is 0 Å². The number of carbonyl (C=O) groups is 2. The number of nitrogens with one attached hydrogen (secondary N) is 1. The summed E-state index contributed by atoms with van der Waals surface area (Å²) in [5.74, 6) is 0.356. The molecule has 0 aliphatic carbocycles. The molecule has 1 aromatic rings. The summed E-state index contributed by atoms with van der Waals surface area (Å²) in [6.45, 7) is 4.43. The van der Waals surface area contributed by atoms with Crippen molar-refractivity contribution in [2.45, 2.75) is 32.2 Å². The first-order valence-corrected chi connectivity index (χ1v) is 8.92. The zero-order chi connectivity index (χ0) is 18.0. The van der Waals surface area contributed by atoms with Crippen LogP contribution in [-0.4, -0.2) is 59.5 Å². The molecule has 2 aliphatic heterocycles. The van der Waals surface area contributed by atoms with Crippen molar-refractivity contribution in [2.24, 2.45) is 11.7 Å². The fraction of sp³-hybridized carbons (Fsp3) is 0.526. The molecule has 0 bridgehead atoms. The molecular formula is C19H26N4O2. The second kappa shape index (κ2) is 7.35. The van der Waals surface area contributed by atoms with Crippen LogP contribution < -0.4 is 5.73 Å². The number of benzene rings is 1. The van der Waals surface area contributed by atoms with Crippen LogP contribution in [0.3, 0.4) is 0 Å². The van der Waals surface area contributed by atoms with Crippen molar-refractivity contribution in [3.8, 4) is 0 Å². The number of amidine groups is 1. The predicted octanol–water partition coefficient (Wildman–Crippen LogP) is 1.43. The third kappa shape index (κ3) is 3.90. The number of carbonyl (C=O) groups excluding carboxylic acids is 2. The Kier molecular flexibility index (Phi) is 5.18. The van der Waals surface area contributed by atoms with E-state index in [0.717, 1.165) is 43.5 Å². The zero-order valence-electron chi connectivity index (χ0n) is 14.7. The molecule has 1 amide bonds. The SMILES string of the molecule is Cc1ccc(C(=O)C2CCN(C3CCN(CC(=N)N)C3=O)CC2)cc1. The first-order valence-electron chi connectivity index (χ1n) is 8.92. The number of nitrogens with two attached hydrogens (primary N) is 1. The van der Waals surface area contributed by atoms with Gasteiger partial charge in [-0.25, -0.2) is 0 Å². The molecule has 6 heteroatoms. The molecule has 0 aromatic heterocycles. The molecule has 134 valence electrons. The summed E-state index contributed by atoms with van der Waals surface area (Å²) in [6.07, 6.45) is 2.37. The maximum absolute atomic E-state index is 12.6. The highest BCUT2D eigenvalue weighted by Gasteiger charge is 2.38. The minimum atomic E-state index is -0.116. The fourth-order valence-corrected chi connectivity index (χ4v) is 3.85. The lowest BCUT2D eigenvalue weighted by molar-refractivity contribution is -0.131. The molecule has 2 saturated heterocycles. The number of hydrogen-bond acceptors (Lipinski definition) is 4. The van der Waals surface area contributed by atoms with Crippen molar-refractivity contribution in [3.63, 3.8) is 0 Å². The van der Waals surface area contributed by atoms with E-state index in [1.807, 2.05) is 31.2 Å². The third-order valence-corrected chi connectivity index (χ3v) is 5.31. The number of piperidine rings is 1. The van der Waals surface area contributed by atoms with E-state index >= 15 is 0 Å². The monoisotopic (exact) mass is 342 g/mol. The minimum Gasteiger partial charge on any atom is -0.386 e. The van der Waals surface area contributed by atoms with Crippen LogP contribution in [0.15, 0.2) is 24.3 Å². The standard InChI is InChI=1S/C19H26N4O2/c1-13-2-4-14(5-3-13)18(24)15-6-9-22(10-7-15)16-8-11-23(19(16)25)12-17(20)21/h2-5,15-16H,6-12H2,1H3,(H3,20,21). The van der Waals surface area contributed by atoms with Gasteiger partial charge in [-0.05, 0) is 39.3 Å². The maximum atomic E-state index is 12.6. The van der Waals surface area contributed by atoms with Crippen molar-refractivity contribution in [2.75, 3.05) is 26.2 Å². The number of likely N-dealkylation sites (tertiary alicyclic amines) is 2. The predicted molar refractivity (Wildman–Crippen MR) is 96.7 cm³/mol. The Bertz CT molecular complexity index is 663. The number of Topliss-reactive ketones (excluding diaryl/α,β-unsaturated/α-hetero) is 1. The van der Waals surface area contributed by atoms with E-state index in [0.29, 0.717) is 6.54 Å². The van der Waals surface area contributed by atoms with Gasteiger partial charge in [0.2, 0.25) is 5.91 Å². The molecule has 2 fully saturated rings. The highest BCUT2D eigenvalue weighted by atomic mass is 16.2. The quantitative estimate of drug-likeness (QED) is 0.481. The van der Waals surface area contributed by atoms with Crippen LogP contribution in [0.25, 0.3) is 0 Å². The van der Waals surface area contributed by atoms with Crippen LogP contribution in [0.2, 0.25) is 0 Å². The van der Waals surface area contributed by atoms with E-state index in [4.69, 9.17) is 11.1 Å². The van der Waals surface area contributed by atoms with Gasteiger partial charge in [-0.1, -0.05) is 29.8 Å². The summed E-state index contributed by atoms with van der Waals surface area (Å²) in [6, 6.07) is 7.65. The second-order valence-electron chi connectivity index (χ2n) is 7.13. The Morgan fingerprint density at radius 3 is 2.40 bits per heavy atom. The van der Waals surface area contributed by atoms with Gasteiger partial charge in [0.15, 0.2) is 5.78 Å². The third-order valence-electron chi connectivity index (χ3n) is 5.31. The first-order chi connectivity index (χ1) is 12.0. The van der Waals surface area contributed by atoms with Crippen molar-refractivity contribution < 1.29 is 9.59 Å². The Morgan fingerprint density at radius 2 is 1.80 bits per heavy atom. The summed E-state index contributed by atoms with van der Waals surface area (Å²) in [4.78, 5) is 29.0. The molecule has 0 spiro atoms. The number of rotatable bonds is 5. The number of aryl methyl sites for hydroxylation is 1. The largest absolute Gasteiger partial charge is 0.386 e. The summed E-state index contributed by atoms with van der Waals surface area (Å²) in [7, 11) is 0. The zero-order valence-corrected chi connectivity index (χ0v) is 14.7. The molecule has 3 rings (SSSR count). The van der Waals surface area contributed by atoms with Gasteiger partial charge in [-0.2, -0.15) is 0 Å². The van der Waals surface area contributed by atoms with Gasteiger partial charge in [-0.3, -0.25) is 19.9 Å². The summed E-state index contributed by atoms with van der Waals surface area (Å²) in [5.41, 5.74) is 7.35. The van der Waals surface area contributed by atoms with Crippen LogP contribution in [0, 0.1) is 18.3 Å². The van der Waals surface area contributed by atoms with E-state index in [2.05, 4.69) is 4.90 Å². The van der Waals surface area contributed by atoms with Gasteiger partial charge in [0, 0.05) is 18.0 Å². The molecule has 2 aliphatic rings. The lowest BCUT2D eigenvalue weighted by Gasteiger charge is -2.34. The topological polar surface area (TPSA) is 90.5 Å². The van der Waals surface area contributed by atoms with E-state index < -0.39 is 0 Å². The summed E-state index contributed by atoms with van der Waals surface area (Å²) < 4.78 is 0. The van der Waals surface area contributed by atoms with Gasteiger partial charge in [0.25, 0.3) is 0 Å². The molecule has 2 heterocycles. The number of ketones is 1. The van der Waals surface area contributed by atoms with Crippen LogP contribution in [0.4, 0.5) is 0 Å². The van der Waals surface area contributed by atoms with E-state index in [9.17, 15) is 9.59 Å². The second-order valence-corrected chi connectivity index (χ2v) is 7.13. The van der Waals surface area contributed by atoms with Crippen molar-refractivity contribution in [3.05, 3.63) is 35.4 Å². The first kappa shape index (κ1) is 17.6. The molecule has 1 unspecified atom stereocenters. The van der Waals surface area contributed by atoms with Crippen molar-refractivity contribution in [1.29, 1.82) is 5.41 Å². The van der Waals surface area contributed by atoms with Crippen molar-refractivity contribution in [1.82, 2.24) is 9.80 Å². The Labute approximate surface area is 148 Å². The summed E-state index contributed by atoms with van der Waals surface area (Å²) >= 11 is 0. The Balaban J connectivity index is 1.55. The number of amides is 1. The van der Waals surface area contributed by atoms with E-state index in [1.54, 1.807) is 4.90 Å². The van der Waals surface area contributed by atoms with Gasteiger partial charge < -0.3 is 10.6 Å². The molecular weight excluding hydrogens is 316 g/mol. The Hall–Kier alpha value is -2.21. The average Bonchev–Trinajstić information content (AvgIpc) is 2.95. The molecule has 6 nitrogen and oxygen atoms in total. The molecule has 3 N–H and O–H groups in total. The number of nitrogens with zero attached hydrogens (tertiary/aromatic N) is 2. The Morgan fingerprint density at radius 1 is 1.16 bits per heavy atom. The molecule has 0 saturated carbocycles. The summed E-state index contributed by atoms with van der Waals surface area (Å²) in [5, 5.41) is 7.36. The smallest absolute Gasteiger partial charge is 0.240 e. The van der Waals surface area contributed by atoms with Crippen LogP contribution in [0.5, 0.6) is 0 Å². The van der Waals surface area contributed by atoms with Crippen molar-refractivity contribution >= 4 is 17.5 Å². The average molecular weight is 342 g/mol. The highest BCUT2D eigenvalue weighted by Crippen LogP contribution is 2.26. The van der Waals surface area contributed by atoms with Gasteiger partial charge in [0.05, 0.1) is 12.6 Å². The lowest BCUT2D eigenvalue weighted by atomic mass is 9.88. The molecule has 1 atom stereocenters. The minimum absolute atomic E-state index is 0.0244. The molecule has 1 aromatic carbocycles. The molecule has 25 heavy (non-hydrogen) atoms. The van der Waals surface area contributed by atoms with E-state index in [-0.39, 0.29) is 36.0 Å². The lowest BCUT2D eigenvalue weighted by Crippen LogP contribution is -2.47. The van der Waals surface area contributed by atoms with Crippen LogP contribution in [-0.2, 0) is 4.79 Å². The highest BCUT2D eigenvalue weighted by molar-refractivity contribution is 5.98. The van der Waals surface area contributed by atoms with Crippen LogP contribution >= 0.6 is 0 Å². The fourth-order valence-electron chi connectivity index (χ4n) is 3.85. The maximum Gasteiger partial charge on any atom is 0.240 e. The normalized spacial score (nSPS) is 22.4.